The monoisotopic (exact) mass is 521 g/mol. The summed E-state index contributed by atoms with van der Waals surface area (Å²) in [5.41, 5.74) is 1.98. The number of ether oxygens (including phenoxy) is 3. The van der Waals surface area contributed by atoms with Crippen LogP contribution in [0.2, 0.25) is 0 Å². The van der Waals surface area contributed by atoms with Crippen LogP contribution in [0.25, 0.3) is 0 Å². The van der Waals surface area contributed by atoms with Crippen molar-refractivity contribution in [1.82, 2.24) is 15.4 Å². The molecule has 1 aliphatic rings. The lowest BCUT2D eigenvalue weighted by molar-refractivity contribution is -0.138. The van der Waals surface area contributed by atoms with Gasteiger partial charge in [-0.15, -0.1) is 0 Å². The van der Waals surface area contributed by atoms with Crippen LogP contribution in [0.15, 0.2) is 53.1 Å². The second kappa shape index (κ2) is 13.0. The molecule has 0 unspecified atom stereocenters. The Balaban J connectivity index is 1.46. The third kappa shape index (κ3) is 7.06. The molecule has 1 heterocycles. The molecule has 0 saturated heterocycles. The summed E-state index contributed by atoms with van der Waals surface area (Å²) >= 11 is 0. The molecule has 0 atom stereocenters. The van der Waals surface area contributed by atoms with Gasteiger partial charge >= 0.3 is 0 Å². The molecule has 1 N–H and O–H groups in total. The van der Waals surface area contributed by atoms with E-state index in [1.807, 2.05) is 36.4 Å². The van der Waals surface area contributed by atoms with Crippen molar-refractivity contribution in [3.05, 3.63) is 71.1 Å². The summed E-state index contributed by atoms with van der Waals surface area (Å²) in [5, 5.41) is 6.81. The van der Waals surface area contributed by atoms with Crippen LogP contribution in [0.5, 0.6) is 17.2 Å². The maximum Gasteiger partial charge on any atom is 0.273 e. The Bertz CT molecular complexity index is 1200. The number of nitrogens with one attached hydrogen (secondary N) is 1. The van der Waals surface area contributed by atoms with Crippen LogP contribution in [-0.2, 0) is 24.4 Å². The molecule has 202 valence electrons. The molecular weight excluding hydrogens is 486 g/mol. The summed E-state index contributed by atoms with van der Waals surface area (Å²) in [7, 11) is 4.80. The van der Waals surface area contributed by atoms with Gasteiger partial charge in [0.1, 0.15) is 17.2 Å². The molecule has 0 spiro atoms. The molecule has 0 bridgehead atoms. The fourth-order valence-corrected chi connectivity index (χ4v) is 4.70. The Hall–Kier alpha value is -4.01. The SMILES string of the molecule is COc1ccc(CNC(=O)c2cc(CN(Cc3cc(OC)cc(OC)c3)C(=O)C3CCCCC3)on2)cc1. The lowest BCUT2D eigenvalue weighted by atomic mass is 9.88. The van der Waals surface area contributed by atoms with E-state index in [4.69, 9.17) is 18.7 Å². The van der Waals surface area contributed by atoms with Crippen molar-refractivity contribution in [3.63, 3.8) is 0 Å². The number of carbonyl (C=O) groups is 2. The van der Waals surface area contributed by atoms with Gasteiger partial charge in [-0.3, -0.25) is 9.59 Å². The zero-order valence-corrected chi connectivity index (χ0v) is 22.2. The van der Waals surface area contributed by atoms with Gasteiger partial charge < -0.3 is 29.0 Å². The van der Waals surface area contributed by atoms with E-state index >= 15 is 0 Å². The first-order chi connectivity index (χ1) is 18.5. The van der Waals surface area contributed by atoms with Gasteiger partial charge in [0.15, 0.2) is 11.5 Å². The molecule has 1 saturated carbocycles. The van der Waals surface area contributed by atoms with Crippen molar-refractivity contribution >= 4 is 11.8 Å². The number of hydrogen-bond acceptors (Lipinski definition) is 7. The van der Waals surface area contributed by atoms with E-state index in [2.05, 4.69) is 10.5 Å². The second-order valence-corrected chi connectivity index (χ2v) is 9.46. The number of rotatable bonds is 11. The molecule has 9 nitrogen and oxygen atoms in total. The molecule has 0 aliphatic heterocycles. The smallest absolute Gasteiger partial charge is 0.273 e. The van der Waals surface area contributed by atoms with E-state index in [1.54, 1.807) is 38.4 Å². The van der Waals surface area contributed by atoms with Gasteiger partial charge in [-0.25, -0.2) is 0 Å². The molecule has 1 aliphatic carbocycles. The van der Waals surface area contributed by atoms with Crippen molar-refractivity contribution in [2.24, 2.45) is 5.92 Å². The number of amides is 2. The van der Waals surface area contributed by atoms with Crippen LogP contribution >= 0.6 is 0 Å². The Morgan fingerprint density at radius 2 is 1.53 bits per heavy atom. The average molecular weight is 522 g/mol. The minimum absolute atomic E-state index is 0.0218. The summed E-state index contributed by atoms with van der Waals surface area (Å²) in [4.78, 5) is 28.0. The van der Waals surface area contributed by atoms with E-state index in [0.29, 0.717) is 30.3 Å². The maximum absolute atomic E-state index is 13.6. The minimum Gasteiger partial charge on any atom is -0.497 e. The molecule has 1 aromatic heterocycles. The molecule has 0 radical (unpaired) electrons. The molecule has 4 rings (SSSR count). The zero-order chi connectivity index (χ0) is 26.9. The van der Waals surface area contributed by atoms with E-state index < -0.39 is 0 Å². The van der Waals surface area contributed by atoms with Crippen LogP contribution < -0.4 is 19.5 Å². The van der Waals surface area contributed by atoms with Gasteiger partial charge in [0, 0.05) is 31.1 Å². The first kappa shape index (κ1) is 27.0. The van der Waals surface area contributed by atoms with Crippen molar-refractivity contribution in [3.8, 4) is 17.2 Å². The maximum atomic E-state index is 13.6. The number of nitrogens with zero attached hydrogens (tertiary/aromatic N) is 2. The predicted octanol–water partition coefficient (Wildman–Crippen LogP) is 4.74. The standard InChI is InChI=1S/C29H35N3O6/c1-35-23-11-9-20(10-12-23)17-30-28(33)27-16-26(38-31-27)19-32(29(34)22-7-5-4-6-8-22)18-21-13-24(36-2)15-25(14-21)37-3/h9-16,22H,4-8,17-19H2,1-3H3,(H,30,33). The van der Waals surface area contributed by atoms with E-state index in [-0.39, 0.29) is 30.0 Å². The normalized spacial score (nSPS) is 13.6. The lowest BCUT2D eigenvalue weighted by Gasteiger charge is -2.29. The van der Waals surface area contributed by atoms with Gasteiger partial charge in [0.2, 0.25) is 5.91 Å². The van der Waals surface area contributed by atoms with Crippen molar-refractivity contribution in [2.75, 3.05) is 21.3 Å². The summed E-state index contributed by atoms with van der Waals surface area (Å²) in [5.74, 6) is 2.21. The third-order valence-electron chi connectivity index (χ3n) is 6.80. The number of benzene rings is 2. The van der Waals surface area contributed by atoms with Crippen molar-refractivity contribution < 1.29 is 28.3 Å². The van der Waals surface area contributed by atoms with Gasteiger partial charge in [-0.1, -0.05) is 36.6 Å². The highest BCUT2D eigenvalue weighted by atomic mass is 16.5. The van der Waals surface area contributed by atoms with Crippen LogP contribution in [0, 0.1) is 5.92 Å². The van der Waals surface area contributed by atoms with Crippen molar-refractivity contribution in [2.45, 2.75) is 51.7 Å². The van der Waals surface area contributed by atoms with Gasteiger partial charge in [-0.2, -0.15) is 0 Å². The largest absolute Gasteiger partial charge is 0.497 e. The van der Waals surface area contributed by atoms with E-state index in [0.717, 1.165) is 49.0 Å². The average Bonchev–Trinajstić information content (AvgIpc) is 3.44. The van der Waals surface area contributed by atoms with Gasteiger partial charge in [-0.05, 0) is 48.2 Å². The fraction of sp³-hybridized carbons (Fsp3) is 0.414. The first-order valence-electron chi connectivity index (χ1n) is 12.9. The number of aromatic nitrogens is 1. The number of methoxy groups -OCH3 is 3. The molecule has 2 aromatic carbocycles. The Labute approximate surface area is 223 Å². The molecule has 3 aromatic rings. The van der Waals surface area contributed by atoms with Crippen molar-refractivity contribution in [1.29, 1.82) is 0 Å². The van der Waals surface area contributed by atoms with E-state index in [1.165, 1.54) is 0 Å². The lowest BCUT2D eigenvalue weighted by Crippen LogP contribution is -2.36. The van der Waals surface area contributed by atoms with Crippen LogP contribution in [0.1, 0.15) is 59.5 Å². The quantitative estimate of drug-likeness (QED) is 0.389. The first-order valence-corrected chi connectivity index (χ1v) is 12.9. The summed E-state index contributed by atoms with van der Waals surface area (Å²) in [6, 6.07) is 14.6. The highest BCUT2D eigenvalue weighted by Crippen LogP contribution is 2.29. The Kier molecular flexibility index (Phi) is 9.24. The molecule has 9 heteroatoms. The minimum atomic E-state index is -0.349. The predicted molar refractivity (Wildman–Crippen MR) is 141 cm³/mol. The molecule has 1 fully saturated rings. The highest BCUT2D eigenvalue weighted by molar-refractivity contribution is 5.92. The van der Waals surface area contributed by atoms with Crippen LogP contribution in [0.3, 0.4) is 0 Å². The van der Waals surface area contributed by atoms with E-state index in [9.17, 15) is 9.59 Å². The second-order valence-electron chi connectivity index (χ2n) is 9.46. The number of carbonyl (C=O) groups excluding carboxylic acids is 2. The zero-order valence-electron chi connectivity index (χ0n) is 22.2. The Morgan fingerprint density at radius 3 is 2.16 bits per heavy atom. The third-order valence-corrected chi connectivity index (χ3v) is 6.80. The molecular formula is C29H35N3O6. The van der Waals surface area contributed by atoms with Gasteiger partial charge in [0.25, 0.3) is 5.91 Å². The fourth-order valence-electron chi connectivity index (χ4n) is 4.70. The Morgan fingerprint density at radius 1 is 0.868 bits per heavy atom. The molecule has 2 amide bonds. The summed E-state index contributed by atoms with van der Waals surface area (Å²) in [6.45, 7) is 0.894. The summed E-state index contributed by atoms with van der Waals surface area (Å²) < 4.78 is 21.5. The van der Waals surface area contributed by atoms with Gasteiger partial charge in [0.05, 0.1) is 27.9 Å². The number of hydrogen-bond donors (Lipinski definition) is 1. The van der Waals surface area contributed by atoms with Crippen LogP contribution in [0.4, 0.5) is 0 Å². The van der Waals surface area contributed by atoms with Crippen LogP contribution in [-0.4, -0.2) is 43.2 Å². The summed E-state index contributed by atoms with van der Waals surface area (Å²) in [6.07, 6.45) is 5.03. The topological polar surface area (TPSA) is 103 Å². The highest BCUT2D eigenvalue weighted by Gasteiger charge is 2.27. The molecule has 38 heavy (non-hydrogen) atoms.